The van der Waals surface area contributed by atoms with E-state index in [9.17, 15) is 14.7 Å². The van der Waals surface area contributed by atoms with Crippen LogP contribution < -0.4 is 4.90 Å². The highest BCUT2D eigenvalue weighted by Crippen LogP contribution is 2.50. The SMILES string of the molecule is CC(=O)N(c1cc(C#CC(C)(C)C)sc1C(=O)O)C1(C2CCC(Sc3ncccn3)CC2)CCCCC1. The van der Waals surface area contributed by atoms with Crippen molar-refractivity contribution in [3.63, 3.8) is 0 Å². The largest absolute Gasteiger partial charge is 0.477 e. The summed E-state index contributed by atoms with van der Waals surface area (Å²) in [5.74, 6) is 5.64. The predicted octanol–water partition coefficient (Wildman–Crippen LogP) is 7.04. The molecule has 2 aliphatic rings. The molecule has 0 aromatic carbocycles. The molecule has 2 aromatic rings. The first kappa shape index (κ1) is 27.7. The molecule has 0 spiro atoms. The van der Waals surface area contributed by atoms with E-state index in [1.165, 1.54) is 11.3 Å². The molecule has 0 saturated heterocycles. The topological polar surface area (TPSA) is 83.4 Å². The first-order valence-corrected chi connectivity index (χ1v) is 14.9. The second-order valence-corrected chi connectivity index (χ2v) is 13.6. The van der Waals surface area contributed by atoms with Gasteiger partial charge in [-0.1, -0.05) is 42.9 Å². The van der Waals surface area contributed by atoms with Gasteiger partial charge >= 0.3 is 5.97 Å². The van der Waals surface area contributed by atoms with Crippen LogP contribution in [-0.2, 0) is 4.79 Å². The molecular formula is C29H37N3O3S2. The summed E-state index contributed by atoms with van der Waals surface area (Å²) in [5, 5.41) is 11.4. The molecule has 2 saturated carbocycles. The summed E-state index contributed by atoms with van der Waals surface area (Å²) in [6.07, 6.45) is 12.8. The number of rotatable bonds is 6. The molecule has 2 heterocycles. The molecule has 1 amide bonds. The summed E-state index contributed by atoms with van der Waals surface area (Å²) in [4.78, 5) is 37.3. The monoisotopic (exact) mass is 539 g/mol. The van der Waals surface area contributed by atoms with Gasteiger partial charge in [0.1, 0.15) is 4.88 Å². The molecule has 2 aliphatic carbocycles. The van der Waals surface area contributed by atoms with Crippen molar-refractivity contribution in [1.29, 1.82) is 0 Å². The van der Waals surface area contributed by atoms with Gasteiger partial charge in [-0.2, -0.15) is 0 Å². The quantitative estimate of drug-likeness (QED) is 0.313. The van der Waals surface area contributed by atoms with E-state index in [-0.39, 0.29) is 21.7 Å². The minimum absolute atomic E-state index is 0.0771. The van der Waals surface area contributed by atoms with E-state index < -0.39 is 5.97 Å². The Hall–Kier alpha value is -2.37. The Balaban J connectivity index is 1.66. The van der Waals surface area contributed by atoms with E-state index in [2.05, 4.69) is 21.8 Å². The van der Waals surface area contributed by atoms with Gasteiger partial charge < -0.3 is 10.0 Å². The minimum atomic E-state index is -0.996. The number of carboxylic acids is 1. The molecule has 8 heteroatoms. The van der Waals surface area contributed by atoms with Crippen molar-refractivity contribution in [1.82, 2.24) is 9.97 Å². The second-order valence-electron chi connectivity index (χ2n) is 11.3. The molecule has 0 unspecified atom stereocenters. The second kappa shape index (κ2) is 11.6. The first-order chi connectivity index (χ1) is 17.6. The smallest absolute Gasteiger partial charge is 0.348 e. The molecule has 2 aromatic heterocycles. The van der Waals surface area contributed by atoms with E-state index in [1.807, 2.05) is 37.8 Å². The molecule has 0 atom stereocenters. The lowest BCUT2D eigenvalue weighted by Crippen LogP contribution is -2.58. The first-order valence-electron chi connectivity index (χ1n) is 13.2. The lowest BCUT2D eigenvalue weighted by atomic mass is 9.66. The van der Waals surface area contributed by atoms with Gasteiger partial charge in [0.2, 0.25) is 5.91 Å². The van der Waals surface area contributed by atoms with Crippen LogP contribution in [0.3, 0.4) is 0 Å². The van der Waals surface area contributed by atoms with E-state index in [4.69, 9.17) is 0 Å². The van der Waals surface area contributed by atoms with Crippen molar-refractivity contribution in [2.45, 2.75) is 101 Å². The maximum Gasteiger partial charge on any atom is 0.348 e. The van der Waals surface area contributed by atoms with Crippen LogP contribution in [0, 0.1) is 23.2 Å². The number of aromatic carboxylic acids is 1. The summed E-state index contributed by atoms with van der Waals surface area (Å²) in [7, 11) is 0. The zero-order chi connectivity index (χ0) is 26.6. The predicted molar refractivity (Wildman–Crippen MR) is 150 cm³/mol. The lowest BCUT2D eigenvalue weighted by molar-refractivity contribution is -0.118. The molecule has 1 N–H and O–H groups in total. The van der Waals surface area contributed by atoms with Gasteiger partial charge in [-0.05, 0) is 77.3 Å². The third-order valence-electron chi connectivity index (χ3n) is 7.44. The third-order valence-corrected chi connectivity index (χ3v) is 9.69. The Labute approximate surface area is 228 Å². The molecule has 0 radical (unpaired) electrons. The van der Waals surface area contributed by atoms with Crippen LogP contribution in [0.25, 0.3) is 0 Å². The number of amides is 1. The highest BCUT2D eigenvalue weighted by atomic mass is 32.2. The average molecular weight is 540 g/mol. The summed E-state index contributed by atoms with van der Waals surface area (Å²) in [5.41, 5.74) is -0.0257. The van der Waals surface area contributed by atoms with Crippen LogP contribution in [-0.4, -0.2) is 37.7 Å². The Kier molecular flexibility index (Phi) is 8.65. The van der Waals surface area contributed by atoms with Gasteiger partial charge in [0.05, 0.1) is 16.1 Å². The number of carbonyl (C=O) groups excluding carboxylic acids is 1. The van der Waals surface area contributed by atoms with Gasteiger partial charge in [-0.3, -0.25) is 4.79 Å². The van der Waals surface area contributed by atoms with Gasteiger partial charge in [0.15, 0.2) is 5.16 Å². The van der Waals surface area contributed by atoms with Gasteiger partial charge in [-0.15, -0.1) is 11.3 Å². The molecule has 6 nitrogen and oxygen atoms in total. The maximum absolute atomic E-state index is 13.4. The van der Waals surface area contributed by atoms with Crippen molar-refractivity contribution in [2.24, 2.45) is 11.3 Å². The number of hydrogen-bond acceptors (Lipinski definition) is 6. The van der Waals surface area contributed by atoms with Crippen LogP contribution in [0.15, 0.2) is 29.7 Å². The number of anilines is 1. The highest BCUT2D eigenvalue weighted by molar-refractivity contribution is 7.99. The Bertz CT molecular complexity index is 1160. The number of carbonyl (C=O) groups is 2. The molecule has 0 bridgehead atoms. The van der Waals surface area contributed by atoms with Gasteiger partial charge in [0, 0.05) is 30.0 Å². The van der Waals surface area contributed by atoms with Gasteiger partial charge in [0.25, 0.3) is 0 Å². The Morgan fingerprint density at radius 1 is 1.11 bits per heavy atom. The fourth-order valence-corrected chi connectivity index (χ4v) is 7.81. The van der Waals surface area contributed by atoms with Crippen molar-refractivity contribution in [3.8, 4) is 11.8 Å². The summed E-state index contributed by atoms with van der Waals surface area (Å²) < 4.78 is 0. The number of hydrogen-bond donors (Lipinski definition) is 1. The fourth-order valence-electron chi connectivity index (χ4n) is 5.93. The van der Waals surface area contributed by atoms with E-state index in [0.29, 0.717) is 21.7 Å². The molecule has 0 aliphatic heterocycles. The van der Waals surface area contributed by atoms with E-state index in [1.54, 1.807) is 31.1 Å². The zero-order valence-electron chi connectivity index (χ0n) is 22.2. The average Bonchev–Trinajstić information content (AvgIpc) is 3.28. The number of aromatic nitrogens is 2. The number of thiophene rings is 1. The summed E-state index contributed by atoms with van der Waals surface area (Å²) in [6.45, 7) is 7.69. The summed E-state index contributed by atoms with van der Waals surface area (Å²) >= 11 is 2.93. The van der Waals surface area contributed by atoms with Crippen LogP contribution >= 0.6 is 23.1 Å². The van der Waals surface area contributed by atoms with E-state index in [0.717, 1.165) is 62.9 Å². The number of thioether (sulfide) groups is 1. The number of carboxylic acid groups (broad SMARTS) is 1. The van der Waals surface area contributed by atoms with Crippen LogP contribution in [0.5, 0.6) is 0 Å². The molecule has 4 rings (SSSR count). The normalized spacial score (nSPS) is 21.5. The molecule has 2 fully saturated rings. The number of nitrogens with zero attached hydrogens (tertiary/aromatic N) is 3. The van der Waals surface area contributed by atoms with E-state index >= 15 is 0 Å². The van der Waals surface area contributed by atoms with Gasteiger partial charge in [-0.25, -0.2) is 14.8 Å². The van der Waals surface area contributed by atoms with Crippen LogP contribution in [0.4, 0.5) is 5.69 Å². The Morgan fingerprint density at radius 2 is 1.76 bits per heavy atom. The minimum Gasteiger partial charge on any atom is -0.477 e. The zero-order valence-corrected chi connectivity index (χ0v) is 23.9. The third kappa shape index (κ3) is 6.56. The summed E-state index contributed by atoms with van der Waals surface area (Å²) in [6, 6.07) is 3.68. The van der Waals surface area contributed by atoms with Crippen molar-refractivity contribution in [3.05, 3.63) is 34.3 Å². The lowest BCUT2D eigenvalue weighted by Gasteiger charge is -2.52. The van der Waals surface area contributed by atoms with Crippen molar-refractivity contribution < 1.29 is 14.7 Å². The van der Waals surface area contributed by atoms with Crippen LogP contribution in [0.2, 0.25) is 0 Å². The highest BCUT2D eigenvalue weighted by Gasteiger charge is 2.48. The molecular weight excluding hydrogens is 502 g/mol. The Morgan fingerprint density at radius 3 is 2.32 bits per heavy atom. The van der Waals surface area contributed by atoms with Crippen molar-refractivity contribution >= 4 is 40.7 Å². The molecule has 198 valence electrons. The van der Waals surface area contributed by atoms with Crippen LogP contribution in [0.1, 0.15) is 100 Å². The molecule has 37 heavy (non-hydrogen) atoms. The standard InChI is InChI=1S/C29H37N3O3S2/c1-20(33)32(24-19-23(13-16-28(2,3)4)36-25(24)26(34)35)29(14-6-5-7-15-29)21-9-11-22(12-10-21)37-27-30-17-8-18-31-27/h8,17-19,21-22H,5-7,9-12,14-15H2,1-4H3,(H,34,35). The van der Waals surface area contributed by atoms with Crippen molar-refractivity contribution in [2.75, 3.05) is 4.90 Å². The fraction of sp³-hybridized carbons (Fsp3) is 0.586. The maximum atomic E-state index is 13.4.